The topological polar surface area (TPSA) is 63.8 Å². The van der Waals surface area contributed by atoms with Crippen LogP contribution in [-0.4, -0.2) is 16.5 Å². The monoisotopic (exact) mass is 248 g/mol. The molecule has 1 saturated carbocycles. The van der Waals surface area contributed by atoms with Gasteiger partial charge < -0.3 is 11.1 Å². The van der Waals surface area contributed by atoms with Gasteiger partial charge in [0.05, 0.1) is 0 Å². The largest absolute Gasteiger partial charge is 0.383 e. The van der Waals surface area contributed by atoms with Crippen molar-refractivity contribution in [2.75, 3.05) is 17.6 Å². The van der Waals surface area contributed by atoms with Gasteiger partial charge in [0.2, 0.25) is 0 Å². The lowest BCUT2D eigenvalue weighted by Crippen LogP contribution is -2.18. The van der Waals surface area contributed by atoms with E-state index in [4.69, 9.17) is 5.73 Å². The molecule has 0 radical (unpaired) electrons. The van der Waals surface area contributed by atoms with Crippen LogP contribution in [0.3, 0.4) is 0 Å². The van der Waals surface area contributed by atoms with Crippen molar-refractivity contribution in [2.24, 2.45) is 11.8 Å². The maximum absolute atomic E-state index is 5.96. The minimum Gasteiger partial charge on any atom is -0.383 e. The molecule has 1 fully saturated rings. The molecular formula is C14H24N4. The van der Waals surface area contributed by atoms with E-state index in [1.54, 1.807) is 0 Å². The molecule has 0 saturated heterocycles. The minimum atomic E-state index is 0.538. The first kappa shape index (κ1) is 13.1. The quantitative estimate of drug-likeness (QED) is 0.841. The van der Waals surface area contributed by atoms with Crippen molar-refractivity contribution in [3.63, 3.8) is 0 Å². The lowest BCUT2D eigenvalue weighted by molar-refractivity contribution is 0.439. The smallest absolute Gasteiger partial charge is 0.136 e. The van der Waals surface area contributed by atoms with Crippen molar-refractivity contribution >= 4 is 11.6 Å². The average Bonchev–Trinajstić information content (AvgIpc) is 3.14. The summed E-state index contributed by atoms with van der Waals surface area (Å²) in [7, 11) is 0. The van der Waals surface area contributed by atoms with Crippen molar-refractivity contribution in [2.45, 2.75) is 46.5 Å². The molecule has 1 unspecified atom stereocenters. The van der Waals surface area contributed by atoms with Crippen LogP contribution in [0.4, 0.5) is 11.6 Å². The summed E-state index contributed by atoms with van der Waals surface area (Å²) in [5, 5.41) is 3.43. The summed E-state index contributed by atoms with van der Waals surface area (Å²) in [6, 6.07) is 0. The van der Waals surface area contributed by atoms with Crippen LogP contribution in [0.2, 0.25) is 0 Å². The van der Waals surface area contributed by atoms with Crippen molar-refractivity contribution in [3.8, 4) is 0 Å². The minimum absolute atomic E-state index is 0.538. The Kier molecular flexibility index (Phi) is 3.73. The van der Waals surface area contributed by atoms with E-state index in [2.05, 4.69) is 36.1 Å². The van der Waals surface area contributed by atoms with Gasteiger partial charge in [0.15, 0.2) is 0 Å². The maximum atomic E-state index is 5.96. The molecule has 0 bridgehead atoms. The van der Waals surface area contributed by atoms with E-state index in [0.29, 0.717) is 23.6 Å². The Bertz CT molecular complexity index is 424. The van der Waals surface area contributed by atoms with E-state index in [9.17, 15) is 0 Å². The fourth-order valence-electron chi connectivity index (χ4n) is 1.74. The molecule has 0 amide bonds. The van der Waals surface area contributed by atoms with Crippen LogP contribution in [0.1, 0.15) is 50.9 Å². The van der Waals surface area contributed by atoms with Crippen LogP contribution >= 0.6 is 0 Å². The summed E-state index contributed by atoms with van der Waals surface area (Å²) in [4.78, 5) is 9.01. The number of hydrogen-bond acceptors (Lipinski definition) is 4. The molecule has 0 aromatic carbocycles. The molecule has 1 aliphatic rings. The van der Waals surface area contributed by atoms with Gasteiger partial charge in [-0.3, -0.25) is 0 Å². The summed E-state index contributed by atoms with van der Waals surface area (Å²) in [5.74, 6) is 4.27. The van der Waals surface area contributed by atoms with E-state index < -0.39 is 0 Å². The highest BCUT2D eigenvalue weighted by atomic mass is 15.1. The Morgan fingerprint density at radius 3 is 2.50 bits per heavy atom. The number of hydrogen-bond donors (Lipinski definition) is 2. The predicted octanol–water partition coefficient (Wildman–Crippen LogP) is 2.95. The number of nitrogens with zero attached hydrogens (tertiary/aromatic N) is 2. The Labute approximate surface area is 109 Å². The second-order valence-electron chi connectivity index (χ2n) is 5.82. The van der Waals surface area contributed by atoms with Gasteiger partial charge in [-0.05, 0) is 31.6 Å². The molecule has 18 heavy (non-hydrogen) atoms. The fraction of sp³-hybridized carbons (Fsp3) is 0.714. The highest BCUT2D eigenvalue weighted by molar-refractivity contribution is 5.55. The Balaban J connectivity index is 2.11. The third-order valence-corrected chi connectivity index (χ3v) is 3.87. The summed E-state index contributed by atoms with van der Waals surface area (Å²) in [6.45, 7) is 9.64. The zero-order valence-electron chi connectivity index (χ0n) is 11.8. The molecule has 1 aliphatic carbocycles. The van der Waals surface area contributed by atoms with Gasteiger partial charge in [-0.25, -0.2) is 9.97 Å². The summed E-state index contributed by atoms with van der Waals surface area (Å²) in [5.41, 5.74) is 6.93. The molecule has 1 heterocycles. The molecule has 4 heteroatoms. The first-order valence-electron chi connectivity index (χ1n) is 6.87. The van der Waals surface area contributed by atoms with Gasteiger partial charge in [0.25, 0.3) is 0 Å². The van der Waals surface area contributed by atoms with Crippen LogP contribution in [-0.2, 0) is 0 Å². The standard InChI is InChI=1S/C14H24N4/c1-8(2)9(3)7-16-13-10(4)12(15)17-14(18-13)11-5-6-11/h8-9,11H,5-7H2,1-4H3,(H3,15,16,17,18). The van der Waals surface area contributed by atoms with E-state index >= 15 is 0 Å². The van der Waals surface area contributed by atoms with Crippen molar-refractivity contribution < 1.29 is 0 Å². The first-order chi connectivity index (χ1) is 8.49. The lowest BCUT2D eigenvalue weighted by atomic mass is 9.98. The van der Waals surface area contributed by atoms with Gasteiger partial charge >= 0.3 is 0 Å². The highest BCUT2D eigenvalue weighted by Crippen LogP contribution is 2.39. The van der Waals surface area contributed by atoms with Crippen LogP contribution in [0.15, 0.2) is 0 Å². The highest BCUT2D eigenvalue weighted by Gasteiger charge is 2.27. The average molecular weight is 248 g/mol. The van der Waals surface area contributed by atoms with Crippen LogP contribution in [0, 0.1) is 18.8 Å². The predicted molar refractivity (Wildman–Crippen MR) is 75.6 cm³/mol. The number of nitrogens with two attached hydrogens (primary N) is 1. The zero-order chi connectivity index (χ0) is 13.3. The summed E-state index contributed by atoms with van der Waals surface area (Å²) < 4.78 is 0. The van der Waals surface area contributed by atoms with E-state index in [-0.39, 0.29) is 0 Å². The molecule has 0 spiro atoms. The maximum Gasteiger partial charge on any atom is 0.136 e. The van der Waals surface area contributed by atoms with Gasteiger partial charge in [-0.15, -0.1) is 0 Å². The molecule has 4 nitrogen and oxygen atoms in total. The number of nitrogens with one attached hydrogen (secondary N) is 1. The lowest BCUT2D eigenvalue weighted by Gasteiger charge is -2.18. The Morgan fingerprint density at radius 1 is 1.28 bits per heavy atom. The van der Waals surface area contributed by atoms with E-state index in [1.807, 2.05) is 6.92 Å². The normalized spacial score (nSPS) is 16.9. The van der Waals surface area contributed by atoms with Crippen LogP contribution < -0.4 is 11.1 Å². The van der Waals surface area contributed by atoms with Gasteiger partial charge in [0, 0.05) is 18.0 Å². The molecule has 1 aromatic heterocycles. The third kappa shape index (κ3) is 2.92. The third-order valence-electron chi connectivity index (χ3n) is 3.87. The van der Waals surface area contributed by atoms with Gasteiger partial charge in [-0.2, -0.15) is 0 Å². The van der Waals surface area contributed by atoms with Gasteiger partial charge in [-0.1, -0.05) is 20.8 Å². The molecular weight excluding hydrogens is 224 g/mol. The van der Waals surface area contributed by atoms with Crippen molar-refractivity contribution in [1.82, 2.24) is 9.97 Å². The van der Waals surface area contributed by atoms with Crippen LogP contribution in [0.25, 0.3) is 0 Å². The Hall–Kier alpha value is -1.32. The molecule has 100 valence electrons. The second-order valence-corrected chi connectivity index (χ2v) is 5.82. The van der Waals surface area contributed by atoms with E-state index in [0.717, 1.165) is 23.8 Å². The zero-order valence-corrected chi connectivity index (χ0v) is 11.8. The Morgan fingerprint density at radius 2 is 1.94 bits per heavy atom. The fourth-order valence-corrected chi connectivity index (χ4v) is 1.74. The van der Waals surface area contributed by atoms with Crippen molar-refractivity contribution in [1.29, 1.82) is 0 Å². The molecule has 1 atom stereocenters. The van der Waals surface area contributed by atoms with Gasteiger partial charge in [0.1, 0.15) is 17.5 Å². The number of aromatic nitrogens is 2. The van der Waals surface area contributed by atoms with E-state index in [1.165, 1.54) is 12.8 Å². The number of anilines is 2. The molecule has 0 aliphatic heterocycles. The number of nitrogen functional groups attached to an aromatic ring is 1. The van der Waals surface area contributed by atoms with Crippen molar-refractivity contribution in [3.05, 3.63) is 11.4 Å². The summed E-state index contributed by atoms with van der Waals surface area (Å²) >= 11 is 0. The second kappa shape index (κ2) is 5.12. The van der Waals surface area contributed by atoms with Crippen LogP contribution in [0.5, 0.6) is 0 Å². The first-order valence-corrected chi connectivity index (χ1v) is 6.87. The molecule has 1 aromatic rings. The molecule has 3 N–H and O–H groups in total. The molecule has 2 rings (SSSR count). The number of rotatable bonds is 5. The SMILES string of the molecule is Cc1c(N)nc(C2CC2)nc1NCC(C)C(C)C. The summed E-state index contributed by atoms with van der Waals surface area (Å²) in [6.07, 6.45) is 2.40.